The lowest BCUT2D eigenvalue weighted by atomic mass is 9.95. The van der Waals surface area contributed by atoms with Gasteiger partial charge in [0.2, 0.25) is 0 Å². The minimum Gasteiger partial charge on any atom is -0.445 e. The van der Waals surface area contributed by atoms with Gasteiger partial charge in [0.05, 0.1) is 0 Å². The Morgan fingerprint density at radius 3 is 2.50 bits per heavy atom. The second-order valence-corrected chi connectivity index (χ2v) is 8.58. The third kappa shape index (κ3) is 5.44. The molecule has 1 N–H and O–H groups in total. The fourth-order valence-corrected chi connectivity index (χ4v) is 5.59. The second kappa shape index (κ2) is 9.36. The van der Waals surface area contributed by atoms with Crippen LogP contribution in [0.25, 0.3) is 0 Å². The molecule has 24 heavy (non-hydrogen) atoms. The molecule has 0 spiro atoms. The first-order valence-electron chi connectivity index (χ1n) is 9.44. The van der Waals surface area contributed by atoms with Gasteiger partial charge in [-0.15, -0.1) is 0 Å². The van der Waals surface area contributed by atoms with Crippen LogP contribution in [0.15, 0.2) is 30.3 Å². The van der Waals surface area contributed by atoms with Crippen molar-refractivity contribution in [1.82, 2.24) is 5.32 Å². The first kappa shape index (κ1) is 17.7. The van der Waals surface area contributed by atoms with Crippen molar-refractivity contribution in [2.45, 2.75) is 80.9 Å². The zero-order valence-corrected chi connectivity index (χ0v) is 15.2. The first-order valence-corrected chi connectivity index (χ1v) is 10.4. The monoisotopic (exact) mass is 347 g/mol. The average Bonchev–Trinajstić information content (AvgIpc) is 2.63. The molecule has 2 atom stereocenters. The summed E-state index contributed by atoms with van der Waals surface area (Å²) in [6, 6.07) is 10.1. The van der Waals surface area contributed by atoms with Crippen molar-refractivity contribution in [1.29, 1.82) is 0 Å². The van der Waals surface area contributed by atoms with Crippen molar-refractivity contribution in [2.24, 2.45) is 0 Å². The molecule has 2 saturated carbocycles. The number of hydrogen-bond donors (Lipinski definition) is 1. The third-order valence-electron chi connectivity index (χ3n) is 5.14. The van der Waals surface area contributed by atoms with E-state index in [1.807, 2.05) is 30.3 Å². The van der Waals surface area contributed by atoms with Gasteiger partial charge in [-0.3, -0.25) is 0 Å². The number of carbonyl (C=O) groups excluding carboxylic acids is 1. The molecule has 0 saturated heterocycles. The molecule has 132 valence electrons. The molecule has 0 bridgehead atoms. The van der Waals surface area contributed by atoms with Gasteiger partial charge in [0.15, 0.2) is 0 Å². The van der Waals surface area contributed by atoms with Gasteiger partial charge >= 0.3 is 6.09 Å². The Bertz CT molecular complexity index is 502. The highest BCUT2D eigenvalue weighted by Crippen LogP contribution is 2.37. The Hall–Kier alpha value is -1.16. The van der Waals surface area contributed by atoms with E-state index in [1.165, 1.54) is 51.4 Å². The number of benzene rings is 1. The summed E-state index contributed by atoms with van der Waals surface area (Å²) in [7, 11) is 0. The summed E-state index contributed by atoms with van der Waals surface area (Å²) in [5.41, 5.74) is 1.03. The Morgan fingerprint density at radius 2 is 1.71 bits per heavy atom. The van der Waals surface area contributed by atoms with Crippen molar-refractivity contribution < 1.29 is 9.53 Å². The zero-order valence-electron chi connectivity index (χ0n) is 14.4. The molecule has 0 unspecified atom stereocenters. The van der Waals surface area contributed by atoms with Crippen molar-refractivity contribution in [3.05, 3.63) is 35.9 Å². The van der Waals surface area contributed by atoms with Crippen LogP contribution in [0.5, 0.6) is 0 Å². The summed E-state index contributed by atoms with van der Waals surface area (Å²) in [4.78, 5) is 12.2. The highest BCUT2D eigenvalue weighted by molar-refractivity contribution is 8.00. The van der Waals surface area contributed by atoms with Gasteiger partial charge in [0.1, 0.15) is 6.61 Å². The molecule has 3 nitrogen and oxygen atoms in total. The van der Waals surface area contributed by atoms with Gasteiger partial charge in [0.25, 0.3) is 0 Å². The van der Waals surface area contributed by atoms with Gasteiger partial charge in [-0.05, 0) is 31.2 Å². The highest BCUT2D eigenvalue weighted by Gasteiger charge is 2.30. The van der Waals surface area contributed by atoms with E-state index in [1.54, 1.807) is 0 Å². The normalized spacial score (nSPS) is 25.2. The molecule has 0 aliphatic heterocycles. The predicted octanol–water partition coefficient (Wildman–Crippen LogP) is 5.29. The maximum absolute atomic E-state index is 12.2. The number of alkyl carbamates (subject to hydrolysis) is 1. The van der Waals surface area contributed by atoms with Crippen LogP contribution in [0, 0.1) is 0 Å². The van der Waals surface area contributed by atoms with Crippen LogP contribution in [0.1, 0.15) is 63.4 Å². The number of rotatable bonds is 5. The number of thioether (sulfide) groups is 1. The number of amides is 1. The summed E-state index contributed by atoms with van der Waals surface area (Å²) < 4.78 is 5.41. The number of ether oxygens (including phenoxy) is 1. The summed E-state index contributed by atoms with van der Waals surface area (Å²) in [6.07, 6.45) is 11.4. The standard InChI is InChI=1S/C20H29NO2S/c22-20(23-15-16-9-3-1-4-10-16)21-18-13-7-8-14-19(18)24-17-11-5-2-6-12-17/h1,3-4,9-10,17-19H,2,5-8,11-15H2,(H,21,22)/t18-,19-/m0/s1. The molecule has 1 amide bonds. The fourth-order valence-electron chi connectivity index (χ4n) is 3.79. The number of hydrogen-bond acceptors (Lipinski definition) is 3. The van der Waals surface area contributed by atoms with Crippen LogP contribution < -0.4 is 5.32 Å². The Kier molecular flexibility index (Phi) is 6.88. The lowest BCUT2D eigenvalue weighted by Crippen LogP contribution is -2.44. The molecule has 1 aromatic carbocycles. The molecule has 2 aliphatic rings. The van der Waals surface area contributed by atoms with E-state index in [2.05, 4.69) is 17.1 Å². The fraction of sp³-hybridized carbons (Fsp3) is 0.650. The highest BCUT2D eigenvalue weighted by atomic mass is 32.2. The van der Waals surface area contributed by atoms with E-state index in [0.717, 1.165) is 17.2 Å². The summed E-state index contributed by atoms with van der Waals surface area (Å²) in [5.74, 6) is 0. The minimum absolute atomic E-state index is 0.264. The maximum atomic E-state index is 12.2. The molecule has 0 aromatic heterocycles. The second-order valence-electron chi connectivity index (χ2n) is 7.03. The van der Waals surface area contributed by atoms with E-state index >= 15 is 0 Å². The Morgan fingerprint density at radius 1 is 1.00 bits per heavy atom. The van der Waals surface area contributed by atoms with E-state index in [-0.39, 0.29) is 12.1 Å². The molecule has 0 radical (unpaired) electrons. The van der Waals surface area contributed by atoms with Crippen LogP contribution in [-0.2, 0) is 11.3 Å². The smallest absolute Gasteiger partial charge is 0.407 e. The lowest BCUT2D eigenvalue weighted by Gasteiger charge is -2.34. The van der Waals surface area contributed by atoms with Crippen LogP contribution in [-0.4, -0.2) is 22.6 Å². The van der Waals surface area contributed by atoms with Gasteiger partial charge in [-0.25, -0.2) is 4.79 Å². The first-order chi connectivity index (χ1) is 11.8. The number of carbonyl (C=O) groups is 1. The average molecular weight is 348 g/mol. The van der Waals surface area contributed by atoms with Gasteiger partial charge < -0.3 is 10.1 Å². The van der Waals surface area contributed by atoms with Crippen LogP contribution >= 0.6 is 11.8 Å². The van der Waals surface area contributed by atoms with E-state index < -0.39 is 0 Å². The Balaban J connectivity index is 1.46. The topological polar surface area (TPSA) is 38.3 Å². The van der Waals surface area contributed by atoms with E-state index in [0.29, 0.717) is 11.9 Å². The molecule has 4 heteroatoms. The molecule has 2 aliphatic carbocycles. The van der Waals surface area contributed by atoms with Gasteiger partial charge in [-0.2, -0.15) is 11.8 Å². The molecule has 1 aromatic rings. The summed E-state index contributed by atoms with van der Waals surface area (Å²) in [6.45, 7) is 0.347. The third-order valence-corrected chi connectivity index (χ3v) is 6.91. The van der Waals surface area contributed by atoms with Crippen LogP contribution in [0.4, 0.5) is 4.79 Å². The molecule has 0 heterocycles. The zero-order chi connectivity index (χ0) is 16.6. The van der Waals surface area contributed by atoms with Crippen molar-refractivity contribution >= 4 is 17.9 Å². The van der Waals surface area contributed by atoms with Crippen molar-refractivity contribution in [3.63, 3.8) is 0 Å². The lowest BCUT2D eigenvalue weighted by molar-refractivity contribution is 0.133. The number of nitrogens with one attached hydrogen (secondary N) is 1. The SMILES string of the molecule is O=C(N[C@H]1CCCC[C@@H]1SC1CCCCC1)OCc1ccccc1. The van der Waals surface area contributed by atoms with Gasteiger partial charge in [0, 0.05) is 16.5 Å². The van der Waals surface area contributed by atoms with Crippen LogP contribution in [0.2, 0.25) is 0 Å². The Labute approximate surface area is 149 Å². The van der Waals surface area contributed by atoms with E-state index in [9.17, 15) is 4.79 Å². The summed E-state index contributed by atoms with van der Waals surface area (Å²) in [5, 5.41) is 4.51. The molecular weight excluding hydrogens is 318 g/mol. The maximum Gasteiger partial charge on any atom is 0.407 e. The van der Waals surface area contributed by atoms with Crippen LogP contribution in [0.3, 0.4) is 0 Å². The molecular formula is C20H29NO2S. The quantitative estimate of drug-likeness (QED) is 0.786. The van der Waals surface area contributed by atoms with E-state index in [4.69, 9.17) is 4.74 Å². The largest absolute Gasteiger partial charge is 0.445 e. The summed E-state index contributed by atoms with van der Waals surface area (Å²) >= 11 is 2.14. The van der Waals surface area contributed by atoms with Crippen molar-refractivity contribution in [2.75, 3.05) is 0 Å². The molecule has 3 rings (SSSR count). The van der Waals surface area contributed by atoms with Gasteiger partial charge in [-0.1, -0.05) is 62.4 Å². The molecule has 2 fully saturated rings. The minimum atomic E-state index is -0.264. The predicted molar refractivity (Wildman–Crippen MR) is 100 cm³/mol. The van der Waals surface area contributed by atoms with Crippen molar-refractivity contribution in [3.8, 4) is 0 Å².